The molecule has 8 heteroatoms. The number of aryl methyl sites for hydroxylation is 1. The van der Waals surface area contributed by atoms with Crippen molar-refractivity contribution in [1.82, 2.24) is 20.0 Å². The van der Waals surface area contributed by atoms with Gasteiger partial charge in [-0.2, -0.15) is 0 Å². The molecule has 4 rings (SSSR count). The molecular weight excluding hydrogens is 326 g/mol. The van der Waals surface area contributed by atoms with Crippen LogP contribution in [-0.2, 0) is 11.3 Å². The Morgan fingerprint density at radius 2 is 2.17 bits per heavy atom. The molecular formula is C16H15N5O2S. The number of amides is 1. The van der Waals surface area contributed by atoms with E-state index in [0.29, 0.717) is 22.0 Å². The topological polar surface area (TPSA) is 89.8 Å². The number of carbonyl (C=O) groups excluding carboxylic acids is 1. The third kappa shape index (κ3) is 3.05. The number of anilines is 1. The second kappa shape index (κ2) is 6.12. The number of hydrogen-bond acceptors (Lipinski definition) is 6. The maximum atomic E-state index is 12.3. The fourth-order valence-electron chi connectivity index (χ4n) is 2.47. The molecule has 1 fully saturated rings. The van der Waals surface area contributed by atoms with Gasteiger partial charge < -0.3 is 5.32 Å². The highest BCUT2D eigenvalue weighted by atomic mass is 32.1. The fraction of sp³-hybridized carbons (Fsp3) is 0.312. The van der Waals surface area contributed by atoms with Gasteiger partial charge in [0, 0.05) is 17.7 Å². The first-order valence-electron chi connectivity index (χ1n) is 7.78. The fourth-order valence-corrected chi connectivity index (χ4v) is 3.28. The average molecular weight is 341 g/mol. The number of rotatable bonds is 5. The largest absolute Gasteiger partial charge is 0.302 e. The number of thiazole rings is 1. The van der Waals surface area contributed by atoms with E-state index in [-0.39, 0.29) is 24.4 Å². The molecule has 0 radical (unpaired) electrons. The van der Waals surface area contributed by atoms with Crippen LogP contribution in [0.2, 0.25) is 0 Å². The van der Waals surface area contributed by atoms with Crippen molar-refractivity contribution in [2.75, 3.05) is 5.32 Å². The summed E-state index contributed by atoms with van der Waals surface area (Å²) in [6.07, 6.45) is 2.51. The Kier molecular flexibility index (Phi) is 3.81. The zero-order chi connectivity index (χ0) is 16.5. The maximum absolute atomic E-state index is 12.3. The SMILES string of the molecule is O=C(CCn1nnc2ccccc2c1=O)Nc1nc(C2CC2)cs1. The van der Waals surface area contributed by atoms with Crippen molar-refractivity contribution in [2.24, 2.45) is 0 Å². The normalized spacial score (nSPS) is 14.0. The molecule has 0 saturated heterocycles. The molecule has 122 valence electrons. The van der Waals surface area contributed by atoms with Gasteiger partial charge in [-0.05, 0) is 25.0 Å². The molecule has 7 nitrogen and oxygen atoms in total. The molecule has 0 spiro atoms. The Hall–Kier alpha value is -2.61. The van der Waals surface area contributed by atoms with E-state index < -0.39 is 0 Å². The minimum Gasteiger partial charge on any atom is -0.302 e. The van der Waals surface area contributed by atoms with E-state index >= 15 is 0 Å². The molecule has 1 saturated carbocycles. The molecule has 0 bridgehead atoms. The lowest BCUT2D eigenvalue weighted by molar-refractivity contribution is -0.116. The van der Waals surface area contributed by atoms with Crippen molar-refractivity contribution in [2.45, 2.75) is 31.7 Å². The highest BCUT2D eigenvalue weighted by Gasteiger charge is 2.26. The molecule has 1 aromatic carbocycles. The molecule has 0 aliphatic heterocycles. The Balaban J connectivity index is 1.41. The van der Waals surface area contributed by atoms with Crippen molar-refractivity contribution in [3.8, 4) is 0 Å². The van der Waals surface area contributed by atoms with Crippen LogP contribution in [0.15, 0.2) is 34.4 Å². The van der Waals surface area contributed by atoms with E-state index in [0.717, 1.165) is 5.69 Å². The number of fused-ring (bicyclic) bond motifs is 1. The van der Waals surface area contributed by atoms with Gasteiger partial charge in [-0.25, -0.2) is 9.67 Å². The monoisotopic (exact) mass is 341 g/mol. The van der Waals surface area contributed by atoms with E-state index in [4.69, 9.17) is 0 Å². The van der Waals surface area contributed by atoms with Crippen LogP contribution in [0.3, 0.4) is 0 Å². The first kappa shape index (κ1) is 14.9. The molecule has 24 heavy (non-hydrogen) atoms. The summed E-state index contributed by atoms with van der Waals surface area (Å²) < 4.78 is 1.22. The summed E-state index contributed by atoms with van der Waals surface area (Å²) in [7, 11) is 0. The molecule has 3 aromatic rings. The minimum absolute atomic E-state index is 0.144. The van der Waals surface area contributed by atoms with E-state index in [2.05, 4.69) is 20.6 Å². The lowest BCUT2D eigenvalue weighted by atomic mass is 10.2. The first-order chi connectivity index (χ1) is 11.7. The Bertz CT molecular complexity index is 960. The molecule has 1 aliphatic carbocycles. The minimum atomic E-state index is -0.237. The lowest BCUT2D eigenvalue weighted by Gasteiger charge is -2.04. The van der Waals surface area contributed by atoms with Crippen molar-refractivity contribution in [3.63, 3.8) is 0 Å². The zero-order valence-electron chi connectivity index (χ0n) is 12.8. The summed E-state index contributed by atoms with van der Waals surface area (Å²) in [6, 6.07) is 7.03. The number of carbonyl (C=O) groups is 1. The smallest absolute Gasteiger partial charge is 0.277 e. The van der Waals surface area contributed by atoms with Crippen LogP contribution >= 0.6 is 11.3 Å². The first-order valence-corrected chi connectivity index (χ1v) is 8.66. The number of benzene rings is 1. The molecule has 1 N–H and O–H groups in total. The van der Waals surface area contributed by atoms with Crippen LogP contribution in [0.1, 0.15) is 30.9 Å². The highest BCUT2D eigenvalue weighted by Crippen LogP contribution is 2.40. The van der Waals surface area contributed by atoms with Crippen molar-refractivity contribution in [3.05, 3.63) is 45.7 Å². The van der Waals surface area contributed by atoms with Crippen LogP contribution in [0.5, 0.6) is 0 Å². The standard InChI is InChI=1S/C16H15N5O2S/c22-14(18-16-17-13(9-24-16)10-5-6-10)7-8-21-15(23)11-3-1-2-4-12(11)19-20-21/h1-4,9-10H,5-8H2,(H,17,18,22). The van der Waals surface area contributed by atoms with Crippen LogP contribution in [0, 0.1) is 0 Å². The maximum Gasteiger partial charge on any atom is 0.277 e. The van der Waals surface area contributed by atoms with Gasteiger partial charge in [-0.1, -0.05) is 17.3 Å². The van der Waals surface area contributed by atoms with Gasteiger partial charge in [0.25, 0.3) is 5.56 Å². The van der Waals surface area contributed by atoms with Crippen LogP contribution in [-0.4, -0.2) is 25.9 Å². The van der Waals surface area contributed by atoms with Crippen molar-refractivity contribution < 1.29 is 4.79 Å². The van der Waals surface area contributed by atoms with E-state index in [1.54, 1.807) is 24.3 Å². The van der Waals surface area contributed by atoms with Crippen LogP contribution in [0.4, 0.5) is 5.13 Å². The summed E-state index contributed by atoms with van der Waals surface area (Å²) in [5.41, 5.74) is 1.38. The van der Waals surface area contributed by atoms with E-state index in [1.807, 2.05) is 5.38 Å². The van der Waals surface area contributed by atoms with Crippen molar-refractivity contribution in [1.29, 1.82) is 0 Å². The van der Waals surface area contributed by atoms with E-state index in [1.165, 1.54) is 28.9 Å². The van der Waals surface area contributed by atoms with Crippen LogP contribution in [0.25, 0.3) is 10.9 Å². The number of nitrogens with zero attached hydrogens (tertiary/aromatic N) is 4. The summed E-state index contributed by atoms with van der Waals surface area (Å²) in [5.74, 6) is 0.381. The Labute approximate surface area is 141 Å². The predicted molar refractivity (Wildman–Crippen MR) is 91.1 cm³/mol. The number of hydrogen-bond donors (Lipinski definition) is 1. The third-order valence-corrected chi connectivity index (χ3v) is 4.72. The molecule has 1 amide bonds. The molecule has 2 aromatic heterocycles. The summed E-state index contributed by atoms with van der Waals surface area (Å²) in [4.78, 5) is 28.8. The second-order valence-electron chi connectivity index (χ2n) is 5.78. The van der Waals surface area contributed by atoms with E-state index in [9.17, 15) is 9.59 Å². The molecule has 1 aliphatic rings. The third-order valence-electron chi connectivity index (χ3n) is 3.94. The highest BCUT2D eigenvalue weighted by molar-refractivity contribution is 7.13. The van der Waals surface area contributed by atoms with Gasteiger partial charge in [0.2, 0.25) is 5.91 Å². The summed E-state index contributed by atoms with van der Waals surface area (Å²) in [6.45, 7) is 0.184. The quantitative estimate of drug-likeness (QED) is 0.768. The van der Waals surface area contributed by atoms with Crippen molar-refractivity contribution >= 4 is 33.3 Å². The van der Waals surface area contributed by atoms with Gasteiger partial charge in [0.1, 0.15) is 5.52 Å². The second-order valence-corrected chi connectivity index (χ2v) is 6.64. The summed E-state index contributed by atoms with van der Waals surface area (Å²) in [5, 5.41) is 13.8. The van der Waals surface area contributed by atoms with Gasteiger partial charge in [0.15, 0.2) is 5.13 Å². The molecule has 0 atom stereocenters. The number of nitrogens with one attached hydrogen (secondary N) is 1. The summed E-state index contributed by atoms with van der Waals surface area (Å²) >= 11 is 1.43. The lowest BCUT2D eigenvalue weighted by Crippen LogP contribution is -2.26. The Morgan fingerprint density at radius 1 is 1.33 bits per heavy atom. The van der Waals surface area contributed by atoms with Gasteiger partial charge in [-0.15, -0.1) is 16.4 Å². The van der Waals surface area contributed by atoms with Gasteiger partial charge in [0.05, 0.1) is 17.6 Å². The number of aromatic nitrogens is 4. The molecule has 2 heterocycles. The van der Waals surface area contributed by atoms with Gasteiger partial charge >= 0.3 is 0 Å². The average Bonchev–Trinajstić information content (AvgIpc) is 3.34. The predicted octanol–water partition coefficient (Wildman–Crippen LogP) is 2.15. The zero-order valence-corrected chi connectivity index (χ0v) is 13.6. The Morgan fingerprint density at radius 3 is 3.00 bits per heavy atom. The van der Waals surface area contributed by atoms with Crippen LogP contribution < -0.4 is 10.9 Å². The van der Waals surface area contributed by atoms with Gasteiger partial charge in [-0.3, -0.25) is 9.59 Å². The molecule has 0 unspecified atom stereocenters.